The van der Waals surface area contributed by atoms with E-state index >= 15 is 0 Å². The lowest BCUT2D eigenvalue weighted by molar-refractivity contribution is -0.119. The van der Waals surface area contributed by atoms with Crippen LogP contribution in [0.2, 0.25) is 0 Å². The Bertz CT molecular complexity index is 1550. The summed E-state index contributed by atoms with van der Waals surface area (Å²) in [7, 11) is 3.14. The van der Waals surface area contributed by atoms with E-state index in [0.717, 1.165) is 25.7 Å². The molecule has 2 aliphatic rings. The van der Waals surface area contributed by atoms with Crippen LogP contribution >= 0.6 is 0 Å². The third kappa shape index (κ3) is 4.44. The largest absolute Gasteiger partial charge is 0.493 e. The number of anilines is 5. The van der Waals surface area contributed by atoms with Crippen molar-refractivity contribution in [3.8, 4) is 11.5 Å². The lowest BCUT2D eigenvalue weighted by atomic mass is 9.91. The van der Waals surface area contributed by atoms with Crippen molar-refractivity contribution >= 4 is 45.6 Å². The second kappa shape index (κ2) is 10.6. The van der Waals surface area contributed by atoms with Gasteiger partial charge in [0.1, 0.15) is 17.2 Å². The van der Waals surface area contributed by atoms with Crippen LogP contribution in [0, 0.1) is 5.82 Å². The van der Waals surface area contributed by atoms with Gasteiger partial charge >= 0.3 is 0 Å². The van der Waals surface area contributed by atoms with Crippen molar-refractivity contribution in [1.82, 2.24) is 20.2 Å². The van der Waals surface area contributed by atoms with Crippen molar-refractivity contribution in [2.75, 3.05) is 29.3 Å². The molecule has 2 N–H and O–H groups in total. The number of hydrogen-bond acceptors (Lipinski definition) is 8. The zero-order chi connectivity index (χ0) is 27.8. The minimum Gasteiger partial charge on any atom is -0.493 e. The lowest BCUT2D eigenvalue weighted by Crippen LogP contribution is -2.56. The molecule has 1 aliphatic carbocycles. The number of fused-ring (bicyclic) bond motifs is 2. The summed E-state index contributed by atoms with van der Waals surface area (Å²) in [5, 5.41) is 10.4. The Balaban J connectivity index is 1.46. The summed E-state index contributed by atoms with van der Waals surface area (Å²) in [5.74, 6) is 1.63. The zero-order valence-electron chi connectivity index (χ0n) is 22.8. The SMILES string of the molecule is CC[C@@H]1C(=O)N(c2ccc(OC)c(OC)c2)c2cnc(Nc3cc(F)c4[nH]ncc4c3)nc2N1C1CCCCC1. The quantitative estimate of drug-likeness (QED) is 0.298. The average molecular weight is 546 g/mol. The van der Waals surface area contributed by atoms with E-state index in [9.17, 15) is 9.18 Å². The van der Waals surface area contributed by atoms with E-state index in [2.05, 4.69) is 25.4 Å². The fourth-order valence-electron chi connectivity index (χ4n) is 5.91. The Hall–Kier alpha value is -4.41. The van der Waals surface area contributed by atoms with Crippen molar-refractivity contribution in [3.05, 3.63) is 48.5 Å². The number of rotatable bonds is 7. The van der Waals surface area contributed by atoms with Gasteiger partial charge in [0.15, 0.2) is 23.1 Å². The summed E-state index contributed by atoms with van der Waals surface area (Å²) in [4.78, 5) is 27.5. The molecule has 6 rings (SSSR count). The minimum absolute atomic E-state index is 0.0374. The number of hydrogen-bond donors (Lipinski definition) is 2. The second-order valence-electron chi connectivity index (χ2n) is 10.2. The molecule has 40 heavy (non-hydrogen) atoms. The molecule has 11 heteroatoms. The van der Waals surface area contributed by atoms with E-state index in [4.69, 9.17) is 14.5 Å². The molecule has 1 atom stereocenters. The van der Waals surface area contributed by atoms with Gasteiger partial charge in [0, 0.05) is 23.2 Å². The molecule has 3 heterocycles. The van der Waals surface area contributed by atoms with Gasteiger partial charge in [0.25, 0.3) is 5.91 Å². The molecule has 0 radical (unpaired) electrons. The number of carbonyl (C=O) groups is 1. The number of aromatic nitrogens is 4. The predicted octanol–water partition coefficient (Wildman–Crippen LogP) is 5.85. The molecule has 4 aromatic rings. The Morgan fingerprint density at radius 3 is 2.62 bits per heavy atom. The molecule has 2 aromatic heterocycles. The van der Waals surface area contributed by atoms with E-state index in [-0.39, 0.29) is 11.9 Å². The molecule has 10 nitrogen and oxygen atoms in total. The van der Waals surface area contributed by atoms with Gasteiger partial charge in [0.05, 0.1) is 32.3 Å². The molecule has 0 bridgehead atoms. The zero-order valence-corrected chi connectivity index (χ0v) is 22.8. The van der Waals surface area contributed by atoms with Gasteiger partial charge in [-0.05, 0) is 43.5 Å². The molecule has 1 aliphatic heterocycles. The summed E-state index contributed by atoms with van der Waals surface area (Å²) in [6.07, 6.45) is 9.26. The van der Waals surface area contributed by atoms with Crippen LogP contribution in [0.15, 0.2) is 42.7 Å². The number of carbonyl (C=O) groups excluding carboxylic acids is 1. The van der Waals surface area contributed by atoms with Crippen molar-refractivity contribution in [2.45, 2.75) is 57.5 Å². The van der Waals surface area contributed by atoms with Crippen LogP contribution in [-0.4, -0.2) is 52.4 Å². The average Bonchev–Trinajstić information content (AvgIpc) is 3.46. The highest BCUT2D eigenvalue weighted by atomic mass is 19.1. The molecule has 1 fully saturated rings. The fourth-order valence-corrected chi connectivity index (χ4v) is 5.91. The summed E-state index contributed by atoms with van der Waals surface area (Å²) in [5.41, 5.74) is 2.08. The number of benzene rings is 2. The lowest BCUT2D eigenvalue weighted by Gasteiger charge is -2.46. The fraction of sp³-hybridized carbons (Fsp3) is 0.379. The number of halogens is 1. The maximum absolute atomic E-state index is 14.6. The maximum Gasteiger partial charge on any atom is 0.254 e. The molecule has 0 unspecified atom stereocenters. The third-order valence-electron chi connectivity index (χ3n) is 7.81. The smallest absolute Gasteiger partial charge is 0.254 e. The number of nitrogens with zero attached hydrogens (tertiary/aromatic N) is 5. The van der Waals surface area contributed by atoms with E-state index in [1.165, 1.54) is 12.5 Å². The minimum atomic E-state index is -0.421. The molecule has 1 amide bonds. The Labute approximate surface area is 231 Å². The number of amides is 1. The van der Waals surface area contributed by atoms with Crippen molar-refractivity contribution < 1.29 is 18.7 Å². The first-order valence-corrected chi connectivity index (χ1v) is 13.6. The standard InChI is InChI=1S/C29H32FN7O3/c1-4-22-28(38)37(20-10-11-24(39-2)25(14-20)40-3)23-16-31-29(34-27(23)36(22)19-8-6-5-7-9-19)33-18-12-17-15-32-35-26(17)21(30)13-18/h10-16,19,22H,4-9H2,1-3H3,(H,32,35)(H,31,33,34)/t22-/m1/s1. The van der Waals surface area contributed by atoms with Gasteiger partial charge in [-0.15, -0.1) is 0 Å². The van der Waals surface area contributed by atoms with Gasteiger partial charge in [0.2, 0.25) is 5.95 Å². The Kier molecular flexibility index (Phi) is 6.87. The monoisotopic (exact) mass is 545 g/mol. The molecular formula is C29H32FN7O3. The predicted molar refractivity (Wildman–Crippen MR) is 151 cm³/mol. The molecule has 208 valence electrons. The maximum atomic E-state index is 14.6. The first-order valence-electron chi connectivity index (χ1n) is 13.6. The van der Waals surface area contributed by atoms with Gasteiger partial charge in [-0.3, -0.25) is 14.8 Å². The van der Waals surface area contributed by atoms with Crippen LogP contribution in [0.5, 0.6) is 11.5 Å². The van der Waals surface area contributed by atoms with Gasteiger partial charge in [-0.1, -0.05) is 26.2 Å². The molecule has 0 spiro atoms. The van der Waals surface area contributed by atoms with Crippen LogP contribution in [0.4, 0.5) is 33.2 Å². The number of ether oxygens (including phenoxy) is 2. The van der Waals surface area contributed by atoms with Crippen LogP contribution in [0.3, 0.4) is 0 Å². The van der Waals surface area contributed by atoms with Gasteiger partial charge in [-0.2, -0.15) is 10.1 Å². The first kappa shape index (κ1) is 25.8. The van der Waals surface area contributed by atoms with Gasteiger partial charge < -0.3 is 19.7 Å². The summed E-state index contributed by atoms with van der Waals surface area (Å²) >= 11 is 0. The van der Waals surface area contributed by atoms with E-state index in [1.54, 1.807) is 49.7 Å². The summed E-state index contributed by atoms with van der Waals surface area (Å²) < 4.78 is 25.6. The van der Waals surface area contributed by atoms with E-state index in [0.29, 0.717) is 57.7 Å². The molecular weight excluding hydrogens is 513 g/mol. The van der Waals surface area contributed by atoms with Crippen LogP contribution in [-0.2, 0) is 4.79 Å². The van der Waals surface area contributed by atoms with Crippen LogP contribution < -0.4 is 24.6 Å². The van der Waals surface area contributed by atoms with Crippen molar-refractivity contribution in [3.63, 3.8) is 0 Å². The highest BCUT2D eigenvalue weighted by molar-refractivity contribution is 6.10. The number of nitrogens with one attached hydrogen (secondary N) is 2. The summed E-state index contributed by atoms with van der Waals surface area (Å²) in [6, 6.07) is 8.38. The Morgan fingerprint density at radius 1 is 1.07 bits per heavy atom. The van der Waals surface area contributed by atoms with Gasteiger partial charge in [-0.25, -0.2) is 9.37 Å². The first-order chi connectivity index (χ1) is 19.5. The second-order valence-corrected chi connectivity index (χ2v) is 10.2. The van der Waals surface area contributed by atoms with Crippen LogP contribution in [0.25, 0.3) is 10.9 Å². The van der Waals surface area contributed by atoms with Crippen LogP contribution in [0.1, 0.15) is 45.4 Å². The topological polar surface area (TPSA) is 108 Å². The highest BCUT2D eigenvalue weighted by Crippen LogP contribution is 2.45. The number of methoxy groups -OCH3 is 2. The number of H-pyrrole nitrogens is 1. The van der Waals surface area contributed by atoms with Crippen molar-refractivity contribution in [1.29, 1.82) is 0 Å². The highest BCUT2D eigenvalue weighted by Gasteiger charge is 2.43. The summed E-state index contributed by atoms with van der Waals surface area (Å²) in [6.45, 7) is 2.03. The normalized spacial score (nSPS) is 17.7. The number of aromatic amines is 1. The Morgan fingerprint density at radius 2 is 1.88 bits per heavy atom. The molecule has 1 saturated carbocycles. The molecule has 2 aromatic carbocycles. The van der Waals surface area contributed by atoms with E-state index in [1.807, 2.05) is 13.0 Å². The molecule has 0 saturated heterocycles. The van der Waals surface area contributed by atoms with Crippen molar-refractivity contribution in [2.24, 2.45) is 0 Å². The van der Waals surface area contributed by atoms with E-state index < -0.39 is 11.9 Å². The third-order valence-corrected chi connectivity index (χ3v) is 7.81.